The van der Waals surface area contributed by atoms with Crippen molar-refractivity contribution in [2.24, 2.45) is 14.1 Å². The Balaban J connectivity index is 1.79. The fraction of sp³-hybridized carbons (Fsp3) is 0.429. The Morgan fingerprint density at radius 1 is 1.13 bits per heavy atom. The molecule has 1 aromatic carbocycles. The zero-order chi connectivity index (χ0) is 21.6. The van der Waals surface area contributed by atoms with Crippen molar-refractivity contribution >= 4 is 23.0 Å². The molecule has 2 aromatic heterocycles. The van der Waals surface area contributed by atoms with Gasteiger partial charge in [-0.15, -0.1) is 0 Å². The van der Waals surface area contributed by atoms with Gasteiger partial charge in [0.25, 0.3) is 5.56 Å². The molecule has 3 heterocycles. The van der Waals surface area contributed by atoms with Gasteiger partial charge < -0.3 is 15.2 Å². The molecule has 1 unspecified atom stereocenters. The van der Waals surface area contributed by atoms with Gasteiger partial charge in [-0.2, -0.15) is 4.98 Å². The number of hydrogen-bond acceptors (Lipinski definition) is 5. The molecule has 0 radical (unpaired) electrons. The van der Waals surface area contributed by atoms with Crippen LogP contribution < -0.4 is 21.9 Å². The van der Waals surface area contributed by atoms with E-state index in [1.165, 1.54) is 9.13 Å². The molecule has 1 saturated heterocycles. The molecule has 158 valence electrons. The molecule has 9 heteroatoms. The minimum Gasteiger partial charge on any atom is -0.354 e. The molecule has 9 nitrogen and oxygen atoms in total. The van der Waals surface area contributed by atoms with Crippen LogP contribution in [0.5, 0.6) is 0 Å². The van der Waals surface area contributed by atoms with Crippen LogP contribution in [-0.2, 0) is 25.4 Å². The Bertz CT molecular complexity index is 1270. The van der Waals surface area contributed by atoms with Gasteiger partial charge in [0.15, 0.2) is 11.2 Å². The van der Waals surface area contributed by atoms with Crippen LogP contribution in [0.3, 0.4) is 0 Å². The van der Waals surface area contributed by atoms with Gasteiger partial charge >= 0.3 is 5.69 Å². The predicted octanol–water partition coefficient (Wildman–Crippen LogP) is 0.789. The summed E-state index contributed by atoms with van der Waals surface area (Å²) in [5.74, 6) is 0.303. The number of anilines is 1. The van der Waals surface area contributed by atoms with E-state index in [-0.39, 0.29) is 12.5 Å². The number of carbonyl (C=O) groups is 1. The van der Waals surface area contributed by atoms with Crippen LogP contribution in [0.1, 0.15) is 29.5 Å². The molecule has 0 bridgehead atoms. The lowest BCUT2D eigenvalue weighted by atomic mass is 10.1. The quantitative estimate of drug-likeness (QED) is 0.662. The van der Waals surface area contributed by atoms with Gasteiger partial charge in [0.05, 0.1) is 6.54 Å². The zero-order valence-electron chi connectivity index (χ0n) is 17.7. The highest BCUT2D eigenvalue weighted by atomic mass is 16.2. The normalized spacial score (nSPS) is 16.7. The number of nitrogens with one attached hydrogen (secondary N) is 2. The van der Waals surface area contributed by atoms with Crippen LogP contribution in [0, 0.1) is 13.8 Å². The second-order valence-electron chi connectivity index (χ2n) is 7.95. The second kappa shape index (κ2) is 7.47. The molecule has 1 atom stereocenters. The fourth-order valence-electron chi connectivity index (χ4n) is 3.86. The molecule has 4 rings (SSSR count). The third-order valence-electron chi connectivity index (χ3n) is 5.86. The Hall–Kier alpha value is -3.36. The van der Waals surface area contributed by atoms with E-state index in [1.54, 1.807) is 18.7 Å². The van der Waals surface area contributed by atoms with Crippen LogP contribution in [-0.4, -0.2) is 37.2 Å². The van der Waals surface area contributed by atoms with Crippen molar-refractivity contribution in [2.75, 3.05) is 11.9 Å². The van der Waals surface area contributed by atoms with Gasteiger partial charge in [-0.25, -0.2) is 4.79 Å². The third-order valence-corrected chi connectivity index (χ3v) is 5.86. The summed E-state index contributed by atoms with van der Waals surface area (Å²) in [6.45, 7) is 4.87. The molecule has 0 saturated carbocycles. The van der Waals surface area contributed by atoms with E-state index < -0.39 is 17.3 Å². The van der Waals surface area contributed by atoms with Crippen molar-refractivity contribution in [3.05, 3.63) is 55.7 Å². The number of aromatic nitrogens is 4. The Morgan fingerprint density at radius 2 is 1.90 bits per heavy atom. The van der Waals surface area contributed by atoms with Crippen molar-refractivity contribution in [3.8, 4) is 0 Å². The molecule has 2 N–H and O–H groups in total. The van der Waals surface area contributed by atoms with Gasteiger partial charge in [-0.05, 0) is 43.4 Å². The monoisotopic (exact) mass is 410 g/mol. The first-order chi connectivity index (χ1) is 14.3. The molecule has 1 amide bonds. The summed E-state index contributed by atoms with van der Waals surface area (Å²) in [6.07, 6.45) is 1.56. The van der Waals surface area contributed by atoms with Crippen molar-refractivity contribution < 1.29 is 4.79 Å². The van der Waals surface area contributed by atoms with Gasteiger partial charge in [0.1, 0.15) is 6.04 Å². The maximum absolute atomic E-state index is 13.2. The minimum absolute atomic E-state index is 0.0886. The zero-order valence-corrected chi connectivity index (χ0v) is 17.7. The lowest BCUT2D eigenvalue weighted by Crippen LogP contribution is -2.44. The van der Waals surface area contributed by atoms with Gasteiger partial charge in [0.2, 0.25) is 11.9 Å². The first kappa shape index (κ1) is 19.9. The van der Waals surface area contributed by atoms with Crippen LogP contribution in [0.25, 0.3) is 11.2 Å². The van der Waals surface area contributed by atoms with E-state index in [0.717, 1.165) is 23.1 Å². The number of nitrogens with zero attached hydrogens (tertiary/aromatic N) is 4. The lowest BCUT2D eigenvalue weighted by molar-refractivity contribution is -0.123. The number of rotatable bonds is 4. The third kappa shape index (κ3) is 3.30. The van der Waals surface area contributed by atoms with E-state index in [1.807, 2.05) is 32.0 Å². The molecule has 30 heavy (non-hydrogen) atoms. The summed E-state index contributed by atoms with van der Waals surface area (Å²) in [6, 6.07) is 5.49. The molecular weight excluding hydrogens is 384 g/mol. The number of piperidine rings is 1. The summed E-state index contributed by atoms with van der Waals surface area (Å²) in [5.41, 5.74) is 2.94. The topological polar surface area (TPSA) is 103 Å². The smallest absolute Gasteiger partial charge is 0.332 e. The molecule has 0 spiro atoms. The Morgan fingerprint density at radius 3 is 2.60 bits per heavy atom. The average molecular weight is 410 g/mol. The largest absolute Gasteiger partial charge is 0.354 e. The highest BCUT2D eigenvalue weighted by molar-refractivity contribution is 5.85. The highest BCUT2D eigenvalue weighted by Gasteiger charge is 2.25. The van der Waals surface area contributed by atoms with E-state index in [9.17, 15) is 14.4 Å². The summed E-state index contributed by atoms with van der Waals surface area (Å²) in [5, 5.41) is 5.94. The minimum atomic E-state index is -0.425. The SMILES string of the molecule is Cc1ccc(Cn2c(=O)c3c(nc(NC4CCCNC4=O)n3C)n(C)c2=O)cc1C. The van der Waals surface area contributed by atoms with E-state index in [0.29, 0.717) is 30.1 Å². The number of imidazole rings is 1. The summed E-state index contributed by atoms with van der Waals surface area (Å²) >= 11 is 0. The molecule has 1 aliphatic rings. The maximum Gasteiger partial charge on any atom is 0.332 e. The maximum atomic E-state index is 13.2. The predicted molar refractivity (Wildman–Crippen MR) is 115 cm³/mol. The van der Waals surface area contributed by atoms with Crippen molar-refractivity contribution in [2.45, 2.75) is 39.3 Å². The number of hydrogen-bond donors (Lipinski definition) is 2. The average Bonchev–Trinajstić information content (AvgIpc) is 3.04. The van der Waals surface area contributed by atoms with E-state index >= 15 is 0 Å². The highest BCUT2D eigenvalue weighted by Crippen LogP contribution is 2.17. The number of carbonyl (C=O) groups excluding carboxylic acids is 1. The summed E-state index contributed by atoms with van der Waals surface area (Å²) in [4.78, 5) is 42.7. The van der Waals surface area contributed by atoms with Crippen molar-refractivity contribution in [1.82, 2.24) is 24.0 Å². The van der Waals surface area contributed by atoms with Crippen molar-refractivity contribution in [1.29, 1.82) is 0 Å². The second-order valence-corrected chi connectivity index (χ2v) is 7.95. The van der Waals surface area contributed by atoms with Crippen LogP contribution in [0.15, 0.2) is 27.8 Å². The number of amides is 1. The molecule has 0 aliphatic carbocycles. The first-order valence-corrected chi connectivity index (χ1v) is 10.0. The first-order valence-electron chi connectivity index (χ1n) is 10.0. The standard InChI is InChI=1S/C21H26N6O3/c1-12-7-8-14(10-13(12)2)11-27-19(29)16-17(26(4)21(27)30)24-20(25(16)3)23-15-6-5-9-22-18(15)28/h7-8,10,15H,5-6,9,11H2,1-4H3,(H,22,28)(H,23,24). The summed E-state index contributed by atoms with van der Waals surface area (Å²) in [7, 11) is 3.32. The van der Waals surface area contributed by atoms with Gasteiger partial charge in [-0.3, -0.25) is 18.7 Å². The molecular formula is C21H26N6O3. The lowest BCUT2D eigenvalue weighted by Gasteiger charge is -2.23. The van der Waals surface area contributed by atoms with Crippen LogP contribution in [0.2, 0.25) is 0 Å². The molecule has 1 fully saturated rings. The van der Waals surface area contributed by atoms with Crippen LogP contribution >= 0.6 is 0 Å². The van der Waals surface area contributed by atoms with E-state index in [2.05, 4.69) is 15.6 Å². The van der Waals surface area contributed by atoms with Crippen molar-refractivity contribution in [3.63, 3.8) is 0 Å². The molecule has 1 aliphatic heterocycles. The Labute approximate surface area is 173 Å². The van der Waals surface area contributed by atoms with Gasteiger partial charge in [-0.1, -0.05) is 18.2 Å². The van der Waals surface area contributed by atoms with Gasteiger partial charge in [0, 0.05) is 20.6 Å². The Kier molecular flexibility index (Phi) is 4.97. The summed E-state index contributed by atoms with van der Waals surface area (Å²) < 4.78 is 4.23. The number of fused-ring (bicyclic) bond motifs is 1. The van der Waals surface area contributed by atoms with E-state index in [4.69, 9.17) is 0 Å². The molecule has 3 aromatic rings. The van der Waals surface area contributed by atoms with Crippen LogP contribution in [0.4, 0.5) is 5.95 Å². The fourth-order valence-corrected chi connectivity index (χ4v) is 3.86. The number of aryl methyl sites for hydroxylation is 4. The number of benzene rings is 1.